The summed E-state index contributed by atoms with van der Waals surface area (Å²) < 4.78 is 42.7. The van der Waals surface area contributed by atoms with Crippen molar-refractivity contribution in [3.8, 4) is 34.3 Å². The molecule has 6 bridgehead atoms. The molecule has 0 N–H and O–H groups in total. The van der Waals surface area contributed by atoms with E-state index in [1.54, 1.807) is 92.4 Å². The molecule has 6 aliphatic rings. The predicted octanol–water partition coefficient (Wildman–Crippen LogP) is 12.8. The van der Waals surface area contributed by atoms with Crippen LogP contribution < -0.4 is 0 Å². The SMILES string of the molecule is Cc1cccc(C(=O)N2C3CCC2C(Cc2ncc(Br)cn2)C3)c1-c1ncco1.O=C(c1cccc(F)c1-c1ncccn1)N1C2CCC1C(Cc1ncc(Br)cn1)C2.O=C(c1cccc(F)c1-c1ncco1)N1C2CCC1C(Cc1ncc(Br)cn1)C2. The van der Waals surface area contributed by atoms with Crippen LogP contribution in [-0.2, 0) is 19.3 Å². The van der Waals surface area contributed by atoms with Gasteiger partial charge < -0.3 is 23.5 Å². The van der Waals surface area contributed by atoms with Crippen molar-refractivity contribution >= 4 is 65.5 Å². The number of halogens is 5. The minimum absolute atomic E-state index is 0.0774. The normalized spacial score (nSPS) is 22.8. The molecular formula is C65H58Br3F2N13O5. The number of fused-ring (bicyclic) bond motifs is 6. The van der Waals surface area contributed by atoms with Crippen molar-refractivity contribution in [2.45, 2.75) is 120 Å². The van der Waals surface area contributed by atoms with Crippen LogP contribution in [0, 0.1) is 36.3 Å². The molecule has 6 aromatic heterocycles. The quantitative estimate of drug-likeness (QED) is 0.111. The molecule has 0 radical (unpaired) electrons. The number of carbonyl (C=O) groups is 3. The minimum Gasteiger partial charge on any atom is -0.444 e. The van der Waals surface area contributed by atoms with Gasteiger partial charge in [0.15, 0.2) is 5.82 Å². The number of carbonyl (C=O) groups excluding carboxylic acids is 3. The van der Waals surface area contributed by atoms with Crippen LogP contribution in [-0.4, -0.2) is 119 Å². The summed E-state index contributed by atoms with van der Waals surface area (Å²) in [5, 5.41) is 0. The van der Waals surface area contributed by atoms with Crippen molar-refractivity contribution in [3.63, 3.8) is 0 Å². The summed E-state index contributed by atoms with van der Waals surface area (Å²) in [6, 6.07) is 17.6. The summed E-state index contributed by atoms with van der Waals surface area (Å²) in [6.45, 7) is 1.99. The predicted molar refractivity (Wildman–Crippen MR) is 330 cm³/mol. The Morgan fingerprint density at radius 1 is 0.455 bits per heavy atom. The molecule has 9 atom stereocenters. The van der Waals surface area contributed by atoms with Gasteiger partial charge in [-0.25, -0.2) is 58.6 Å². The van der Waals surface area contributed by atoms with Crippen LogP contribution in [0.25, 0.3) is 34.3 Å². The Bertz CT molecular complexity index is 3800. The third kappa shape index (κ3) is 12.0. The Morgan fingerprint density at radius 3 is 1.22 bits per heavy atom. The Morgan fingerprint density at radius 2 is 0.818 bits per heavy atom. The van der Waals surface area contributed by atoms with Crippen molar-refractivity contribution < 1.29 is 32.0 Å². The molecular weight excluding hydrogens is 1320 g/mol. The average molecular weight is 1380 g/mol. The zero-order valence-corrected chi connectivity index (χ0v) is 52.4. The fourth-order valence-corrected chi connectivity index (χ4v) is 15.1. The van der Waals surface area contributed by atoms with Gasteiger partial charge in [0.2, 0.25) is 11.8 Å². The monoisotopic (exact) mass is 1380 g/mol. The zero-order chi connectivity index (χ0) is 60.6. The first-order valence-corrected chi connectivity index (χ1v) is 31.8. The average Bonchev–Trinajstić information content (AvgIpc) is 2.35. The van der Waals surface area contributed by atoms with E-state index in [-0.39, 0.29) is 76.8 Å². The summed E-state index contributed by atoms with van der Waals surface area (Å²) in [6.07, 6.45) is 30.7. The van der Waals surface area contributed by atoms with Crippen LogP contribution in [0.2, 0.25) is 0 Å². The molecule has 0 aliphatic carbocycles. The number of hydrogen-bond donors (Lipinski definition) is 0. The Kier molecular flexibility index (Phi) is 17.2. The number of aryl methyl sites for hydroxylation is 1. The van der Waals surface area contributed by atoms with Crippen LogP contribution >= 0.6 is 47.8 Å². The van der Waals surface area contributed by atoms with Gasteiger partial charge in [-0.15, -0.1) is 0 Å². The lowest BCUT2D eigenvalue weighted by Crippen LogP contribution is -2.37. The van der Waals surface area contributed by atoms with Gasteiger partial charge in [0.05, 0.1) is 59.2 Å². The molecule has 9 unspecified atom stereocenters. The molecule has 15 rings (SSSR count). The number of oxazole rings is 2. The first kappa shape index (κ1) is 59.1. The van der Waals surface area contributed by atoms with E-state index in [1.807, 2.05) is 34.9 Å². The molecule has 88 heavy (non-hydrogen) atoms. The van der Waals surface area contributed by atoms with E-state index in [1.165, 1.54) is 24.6 Å². The van der Waals surface area contributed by atoms with E-state index in [0.717, 1.165) is 119 Å². The van der Waals surface area contributed by atoms with Gasteiger partial charge in [-0.05, 0) is 172 Å². The second-order valence-corrected chi connectivity index (χ2v) is 25.9. The smallest absolute Gasteiger partial charge is 0.255 e. The van der Waals surface area contributed by atoms with Crippen molar-refractivity contribution in [1.29, 1.82) is 0 Å². The maximum Gasteiger partial charge on any atom is 0.255 e. The summed E-state index contributed by atoms with van der Waals surface area (Å²) in [5.41, 5.74) is 3.36. The lowest BCUT2D eigenvalue weighted by atomic mass is 9.86. The van der Waals surface area contributed by atoms with Gasteiger partial charge in [0.1, 0.15) is 41.6 Å². The third-order valence-corrected chi connectivity index (χ3v) is 19.4. The van der Waals surface area contributed by atoms with E-state index < -0.39 is 11.6 Å². The summed E-state index contributed by atoms with van der Waals surface area (Å²) in [4.78, 5) is 89.7. The van der Waals surface area contributed by atoms with Crippen LogP contribution in [0.5, 0.6) is 0 Å². The number of benzene rings is 3. The molecule has 6 fully saturated rings. The molecule has 23 heteroatoms. The molecule has 0 saturated carbocycles. The van der Waals surface area contributed by atoms with Crippen molar-refractivity contribution in [1.82, 2.24) is 64.5 Å². The highest BCUT2D eigenvalue weighted by Crippen LogP contribution is 2.47. The first-order valence-electron chi connectivity index (χ1n) is 29.5. The lowest BCUT2D eigenvalue weighted by molar-refractivity contribution is 0.0711. The van der Waals surface area contributed by atoms with Crippen molar-refractivity contribution in [2.75, 3.05) is 0 Å². The fourth-order valence-electron chi connectivity index (χ4n) is 14.5. The summed E-state index contributed by atoms with van der Waals surface area (Å²) in [5.74, 6) is 3.03. The van der Waals surface area contributed by atoms with Gasteiger partial charge in [-0.3, -0.25) is 14.4 Å². The minimum atomic E-state index is -0.510. The van der Waals surface area contributed by atoms with Gasteiger partial charge in [-0.1, -0.05) is 24.3 Å². The number of rotatable bonds is 12. The van der Waals surface area contributed by atoms with Crippen LogP contribution in [0.15, 0.2) is 157 Å². The van der Waals surface area contributed by atoms with Gasteiger partial charge >= 0.3 is 0 Å². The van der Waals surface area contributed by atoms with E-state index >= 15 is 0 Å². The second-order valence-electron chi connectivity index (χ2n) is 23.2. The number of aromatic nitrogens is 10. The highest BCUT2D eigenvalue weighted by molar-refractivity contribution is 9.11. The molecule has 448 valence electrons. The van der Waals surface area contributed by atoms with Crippen LogP contribution in [0.4, 0.5) is 8.78 Å². The zero-order valence-electron chi connectivity index (χ0n) is 47.6. The maximum atomic E-state index is 14.7. The molecule has 6 saturated heterocycles. The number of nitrogens with zero attached hydrogens (tertiary/aromatic N) is 13. The Labute approximate surface area is 530 Å². The van der Waals surface area contributed by atoms with Gasteiger partial charge in [0, 0.05) is 105 Å². The van der Waals surface area contributed by atoms with E-state index in [9.17, 15) is 23.2 Å². The standard InChI is InChI=1S/C22H19BrFN5O.C22H21BrN4O2.C21H18BrFN4O2/c23-14-11-27-19(28-12-14)10-13-9-15-5-6-18(13)29(15)22(30)16-3-1-4-17(24)20(16)21-25-7-2-8-26-21;1-13-3-2-4-17(20(13)21-24-7-8-29-21)22(28)27-16-5-6-18(27)14(9-16)10-19-25-11-15(23)12-26-19;22-13-10-25-18(26-11-13)9-12-8-14-4-5-17(12)27(14)21(28)15-2-1-3-16(23)19(15)20-24-6-7-29-20/h1-4,7-8,11-13,15,18H,5-6,9-10H2;2-4,7-8,11-12,14,16,18H,5-6,9-10H2,1H3;1-3,6-7,10-12,14,17H,4-5,8-9H2. The van der Waals surface area contributed by atoms with Gasteiger partial charge in [0.25, 0.3) is 17.7 Å². The third-order valence-electron chi connectivity index (χ3n) is 18.1. The van der Waals surface area contributed by atoms with Crippen LogP contribution in [0.1, 0.15) is 112 Å². The molecule has 18 nitrogen and oxygen atoms in total. The van der Waals surface area contributed by atoms with Crippen LogP contribution in [0.3, 0.4) is 0 Å². The summed E-state index contributed by atoms with van der Waals surface area (Å²) in [7, 11) is 0. The second kappa shape index (κ2) is 25.7. The largest absolute Gasteiger partial charge is 0.444 e. The topological polar surface area (TPSA) is 216 Å². The highest BCUT2D eigenvalue weighted by Gasteiger charge is 2.52. The number of hydrogen-bond acceptors (Lipinski definition) is 15. The molecule has 3 aromatic carbocycles. The first-order chi connectivity index (χ1) is 42.8. The fraction of sp³-hybridized carbons (Fsp3) is 0.338. The van der Waals surface area contributed by atoms with Gasteiger partial charge in [-0.2, -0.15) is 0 Å². The highest BCUT2D eigenvalue weighted by atomic mass is 79.9. The lowest BCUT2D eigenvalue weighted by Gasteiger charge is -2.25. The summed E-state index contributed by atoms with van der Waals surface area (Å²) >= 11 is 10.1. The van der Waals surface area contributed by atoms with E-state index in [4.69, 9.17) is 8.83 Å². The molecule has 12 heterocycles. The number of amides is 3. The molecule has 3 amide bonds. The van der Waals surface area contributed by atoms with E-state index in [0.29, 0.717) is 40.3 Å². The Hall–Kier alpha value is -7.89. The Balaban J connectivity index is 0.000000122. The van der Waals surface area contributed by atoms with Crippen molar-refractivity contribution in [3.05, 3.63) is 200 Å². The van der Waals surface area contributed by atoms with Crippen molar-refractivity contribution in [2.24, 2.45) is 17.8 Å². The van der Waals surface area contributed by atoms with E-state index in [2.05, 4.69) is 103 Å². The maximum absolute atomic E-state index is 14.7. The molecule has 0 spiro atoms. The molecule has 9 aromatic rings. The molecule has 6 aliphatic heterocycles.